The Balaban J connectivity index is 2.13. The number of aromatic nitrogens is 1. The highest BCUT2D eigenvalue weighted by Crippen LogP contribution is 2.31. The molecule has 1 aromatic carbocycles. The Hall–Kier alpha value is -1.34. The predicted octanol–water partition coefficient (Wildman–Crippen LogP) is 4.20. The van der Waals surface area contributed by atoms with Gasteiger partial charge in [0.25, 0.3) is 0 Å². The summed E-state index contributed by atoms with van der Waals surface area (Å²) in [5, 5.41) is 0.879. The van der Waals surface area contributed by atoms with Gasteiger partial charge in [0.05, 0.1) is 5.69 Å². The quantitative estimate of drug-likeness (QED) is 0.732. The standard InChI is InChI=1S/C15H14ClN/c1-10-4-2-5-11(8-10)15-9-13(16)12-6-3-7-14(12)17-15/h2,4-5,8-9H,3,6-7H2,1H3. The largest absolute Gasteiger partial charge is 0.252 e. The number of hydrogen-bond acceptors (Lipinski definition) is 1. The van der Waals surface area contributed by atoms with Gasteiger partial charge in [0.15, 0.2) is 0 Å². The van der Waals surface area contributed by atoms with Crippen molar-refractivity contribution < 1.29 is 0 Å². The Morgan fingerprint density at radius 1 is 1.18 bits per heavy atom. The molecule has 17 heavy (non-hydrogen) atoms. The van der Waals surface area contributed by atoms with E-state index in [0.717, 1.165) is 29.1 Å². The molecule has 0 aliphatic heterocycles. The van der Waals surface area contributed by atoms with Crippen LogP contribution in [0.2, 0.25) is 5.02 Å². The summed E-state index contributed by atoms with van der Waals surface area (Å²) >= 11 is 6.32. The van der Waals surface area contributed by atoms with Crippen molar-refractivity contribution in [2.75, 3.05) is 0 Å². The number of aryl methyl sites for hydroxylation is 2. The molecular formula is C15H14ClN. The van der Waals surface area contributed by atoms with Crippen LogP contribution >= 0.6 is 11.6 Å². The molecule has 2 aromatic rings. The maximum atomic E-state index is 6.32. The third kappa shape index (κ3) is 1.96. The van der Waals surface area contributed by atoms with Crippen LogP contribution in [0.4, 0.5) is 0 Å². The third-order valence-electron chi connectivity index (χ3n) is 3.31. The molecule has 86 valence electrons. The molecule has 0 amide bonds. The van der Waals surface area contributed by atoms with Gasteiger partial charge in [-0.2, -0.15) is 0 Å². The van der Waals surface area contributed by atoms with Gasteiger partial charge in [-0.15, -0.1) is 0 Å². The van der Waals surface area contributed by atoms with E-state index in [-0.39, 0.29) is 0 Å². The lowest BCUT2D eigenvalue weighted by atomic mass is 10.1. The van der Waals surface area contributed by atoms with Crippen molar-refractivity contribution in [3.63, 3.8) is 0 Å². The van der Waals surface area contributed by atoms with E-state index < -0.39 is 0 Å². The Bertz CT molecular complexity index is 575. The van der Waals surface area contributed by atoms with E-state index in [1.165, 1.54) is 23.2 Å². The fourth-order valence-electron chi connectivity index (χ4n) is 2.45. The average Bonchev–Trinajstić information content (AvgIpc) is 2.77. The molecule has 1 nitrogen and oxygen atoms in total. The minimum atomic E-state index is 0.879. The van der Waals surface area contributed by atoms with Crippen molar-refractivity contribution in [1.29, 1.82) is 0 Å². The zero-order valence-corrected chi connectivity index (χ0v) is 10.6. The number of benzene rings is 1. The van der Waals surface area contributed by atoms with Crippen LogP contribution in [-0.2, 0) is 12.8 Å². The summed E-state index contributed by atoms with van der Waals surface area (Å²) in [6, 6.07) is 10.4. The zero-order chi connectivity index (χ0) is 11.8. The maximum Gasteiger partial charge on any atom is 0.0720 e. The Morgan fingerprint density at radius 3 is 2.88 bits per heavy atom. The van der Waals surface area contributed by atoms with Gasteiger partial charge in [0.2, 0.25) is 0 Å². The molecule has 1 aliphatic carbocycles. The Kier molecular flexibility index (Phi) is 2.64. The predicted molar refractivity (Wildman–Crippen MR) is 71.4 cm³/mol. The highest BCUT2D eigenvalue weighted by atomic mass is 35.5. The molecule has 0 bridgehead atoms. The highest BCUT2D eigenvalue weighted by Gasteiger charge is 2.17. The molecule has 0 saturated heterocycles. The van der Waals surface area contributed by atoms with Crippen LogP contribution < -0.4 is 0 Å². The number of nitrogens with zero attached hydrogens (tertiary/aromatic N) is 1. The van der Waals surface area contributed by atoms with Crippen molar-refractivity contribution in [3.8, 4) is 11.3 Å². The first-order chi connectivity index (χ1) is 8.24. The lowest BCUT2D eigenvalue weighted by molar-refractivity contribution is 0.900. The molecule has 1 aliphatic rings. The number of halogens is 1. The molecule has 3 rings (SSSR count). The van der Waals surface area contributed by atoms with Crippen molar-refractivity contribution in [3.05, 3.63) is 52.2 Å². The van der Waals surface area contributed by atoms with Gasteiger partial charge >= 0.3 is 0 Å². The van der Waals surface area contributed by atoms with E-state index in [1.54, 1.807) is 0 Å². The summed E-state index contributed by atoms with van der Waals surface area (Å²) in [4.78, 5) is 4.74. The SMILES string of the molecule is Cc1cccc(-c2cc(Cl)c3c(n2)CCC3)c1. The van der Waals surface area contributed by atoms with E-state index in [1.807, 2.05) is 6.07 Å². The first-order valence-corrected chi connectivity index (χ1v) is 6.37. The third-order valence-corrected chi connectivity index (χ3v) is 3.65. The van der Waals surface area contributed by atoms with Crippen molar-refractivity contribution in [1.82, 2.24) is 4.98 Å². The summed E-state index contributed by atoms with van der Waals surface area (Å²) in [7, 11) is 0. The van der Waals surface area contributed by atoms with E-state index in [9.17, 15) is 0 Å². The van der Waals surface area contributed by atoms with Gasteiger partial charge in [0, 0.05) is 16.3 Å². The van der Waals surface area contributed by atoms with Gasteiger partial charge < -0.3 is 0 Å². The molecule has 0 spiro atoms. The van der Waals surface area contributed by atoms with Crippen molar-refractivity contribution in [2.24, 2.45) is 0 Å². The Morgan fingerprint density at radius 2 is 2.06 bits per heavy atom. The number of rotatable bonds is 1. The first kappa shape index (κ1) is 10.8. The minimum Gasteiger partial charge on any atom is -0.252 e. The number of hydrogen-bond donors (Lipinski definition) is 0. The lowest BCUT2D eigenvalue weighted by Crippen LogP contribution is -1.93. The maximum absolute atomic E-state index is 6.32. The van der Waals surface area contributed by atoms with Crippen LogP contribution in [0.5, 0.6) is 0 Å². The minimum absolute atomic E-state index is 0.879. The summed E-state index contributed by atoms with van der Waals surface area (Å²) in [5.41, 5.74) is 5.85. The molecule has 0 radical (unpaired) electrons. The lowest BCUT2D eigenvalue weighted by Gasteiger charge is -2.07. The molecule has 0 atom stereocenters. The summed E-state index contributed by atoms with van der Waals surface area (Å²) in [6.45, 7) is 2.10. The zero-order valence-electron chi connectivity index (χ0n) is 9.83. The van der Waals surface area contributed by atoms with E-state index in [0.29, 0.717) is 0 Å². The van der Waals surface area contributed by atoms with Crippen LogP contribution in [-0.4, -0.2) is 4.98 Å². The molecule has 0 fully saturated rings. The molecule has 0 saturated carbocycles. The molecule has 1 heterocycles. The Labute approximate surface area is 106 Å². The van der Waals surface area contributed by atoms with Crippen LogP contribution in [0.25, 0.3) is 11.3 Å². The molecule has 0 N–H and O–H groups in total. The molecule has 0 unspecified atom stereocenters. The van der Waals surface area contributed by atoms with E-state index in [2.05, 4.69) is 31.2 Å². The smallest absolute Gasteiger partial charge is 0.0720 e. The summed E-state index contributed by atoms with van der Waals surface area (Å²) < 4.78 is 0. The van der Waals surface area contributed by atoms with Crippen LogP contribution in [0.3, 0.4) is 0 Å². The van der Waals surface area contributed by atoms with E-state index in [4.69, 9.17) is 16.6 Å². The molecule has 2 heteroatoms. The summed E-state index contributed by atoms with van der Waals surface area (Å²) in [5.74, 6) is 0. The second-order valence-electron chi connectivity index (χ2n) is 4.64. The van der Waals surface area contributed by atoms with Crippen molar-refractivity contribution >= 4 is 11.6 Å². The second-order valence-corrected chi connectivity index (χ2v) is 5.04. The first-order valence-electron chi connectivity index (χ1n) is 5.99. The van der Waals surface area contributed by atoms with Crippen LogP contribution in [0.1, 0.15) is 23.2 Å². The second kappa shape index (κ2) is 4.15. The van der Waals surface area contributed by atoms with Crippen LogP contribution in [0, 0.1) is 6.92 Å². The molecule has 1 aromatic heterocycles. The topological polar surface area (TPSA) is 12.9 Å². The fourth-order valence-corrected chi connectivity index (χ4v) is 2.75. The number of pyridine rings is 1. The van der Waals surface area contributed by atoms with Gasteiger partial charge in [-0.05, 0) is 43.9 Å². The molecular weight excluding hydrogens is 230 g/mol. The van der Waals surface area contributed by atoms with Gasteiger partial charge in [-0.3, -0.25) is 4.98 Å². The van der Waals surface area contributed by atoms with Gasteiger partial charge in [0.1, 0.15) is 0 Å². The highest BCUT2D eigenvalue weighted by molar-refractivity contribution is 6.31. The van der Waals surface area contributed by atoms with Gasteiger partial charge in [-0.1, -0.05) is 35.4 Å². The number of fused-ring (bicyclic) bond motifs is 1. The monoisotopic (exact) mass is 243 g/mol. The summed E-state index contributed by atoms with van der Waals surface area (Å²) in [6.07, 6.45) is 3.32. The normalized spacial score (nSPS) is 13.8. The fraction of sp³-hybridized carbons (Fsp3) is 0.267. The van der Waals surface area contributed by atoms with Crippen molar-refractivity contribution in [2.45, 2.75) is 26.2 Å². The van der Waals surface area contributed by atoms with Gasteiger partial charge in [-0.25, -0.2) is 0 Å². The van der Waals surface area contributed by atoms with Crippen LogP contribution in [0.15, 0.2) is 30.3 Å². The average molecular weight is 244 g/mol. The van der Waals surface area contributed by atoms with E-state index >= 15 is 0 Å².